The van der Waals surface area contributed by atoms with E-state index in [-0.39, 0.29) is 5.91 Å². The number of hydroxylamine groups is 1. The average Bonchev–Trinajstić information content (AvgIpc) is 2.77. The zero-order valence-corrected chi connectivity index (χ0v) is 10.7. The van der Waals surface area contributed by atoms with Gasteiger partial charge in [0.1, 0.15) is 5.92 Å². The van der Waals surface area contributed by atoms with Crippen molar-refractivity contribution in [1.82, 2.24) is 0 Å². The third-order valence-corrected chi connectivity index (χ3v) is 3.24. The molecule has 2 aromatic rings. The quantitative estimate of drug-likeness (QED) is 0.802. The second kappa shape index (κ2) is 5.17. The molecule has 0 radical (unpaired) electrons. The van der Waals surface area contributed by atoms with Crippen LogP contribution in [0.5, 0.6) is 0 Å². The molecule has 1 amide bonds. The number of nitrogens with zero attached hydrogens (tertiary/aromatic N) is 1. The Morgan fingerprint density at radius 1 is 0.900 bits per heavy atom. The Hall–Kier alpha value is -2.62. The van der Waals surface area contributed by atoms with Crippen LogP contribution in [0.15, 0.2) is 60.7 Å². The van der Waals surface area contributed by atoms with E-state index in [4.69, 9.17) is 4.84 Å². The highest BCUT2D eigenvalue weighted by Crippen LogP contribution is 2.26. The van der Waals surface area contributed by atoms with Gasteiger partial charge in [-0.3, -0.25) is 4.79 Å². The van der Waals surface area contributed by atoms with Crippen molar-refractivity contribution in [2.45, 2.75) is 6.42 Å². The maximum Gasteiger partial charge on any atom is 0.345 e. The number of carbonyl (C=O) groups is 2. The first-order valence-corrected chi connectivity index (χ1v) is 6.40. The van der Waals surface area contributed by atoms with Crippen LogP contribution in [0.1, 0.15) is 5.56 Å². The van der Waals surface area contributed by atoms with Crippen LogP contribution < -0.4 is 5.06 Å². The second-order valence-corrected chi connectivity index (χ2v) is 4.62. The van der Waals surface area contributed by atoms with E-state index in [9.17, 15) is 9.59 Å². The lowest BCUT2D eigenvalue weighted by Crippen LogP contribution is -2.26. The number of rotatable bonds is 3. The monoisotopic (exact) mass is 267 g/mol. The second-order valence-electron chi connectivity index (χ2n) is 4.62. The number of benzene rings is 2. The molecule has 3 rings (SSSR count). The summed E-state index contributed by atoms with van der Waals surface area (Å²) in [5.74, 6) is -1.58. The fourth-order valence-electron chi connectivity index (χ4n) is 2.20. The Balaban J connectivity index is 1.81. The first-order chi connectivity index (χ1) is 9.75. The van der Waals surface area contributed by atoms with E-state index in [2.05, 4.69) is 0 Å². The molecule has 1 atom stereocenters. The van der Waals surface area contributed by atoms with E-state index >= 15 is 0 Å². The third-order valence-electron chi connectivity index (χ3n) is 3.24. The normalized spacial score (nSPS) is 18.2. The maximum atomic E-state index is 12.3. The van der Waals surface area contributed by atoms with Crippen LogP contribution in [0.4, 0.5) is 5.69 Å². The van der Waals surface area contributed by atoms with Gasteiger partial charge in [0.15, 0.2) is 0 Å². The minimum atomic E-state index is -0.766. The molecule has 1 fully saturated rings. The Kier molecular flexibility index (Phi) is 3.21. The Bertz CT molecular complexity index is 625. The first kappa shape index (κ1) is 12.4. The molecule has 1 unspecified atom stereocenters. The van der Waals surface area contributed by atoms with Crippen molar-refractivity contribution in [3.8, 4) is 0 Å². The van der Waals surface area contributed by atoms with Gasteiger partial charge in [0.2, 0.25) is 0 Å². The predicted octanol–water partition coefficient (Wildman–Crippen LogP) is 2.35. The van der Waals surface area contributed by atoms with Gasteiger partial charge in [0.25, 0.3) is 5.91 Å². The highest BCUT2D eigenvalue weighted by molar-refractivity contribution is 6.10. The van der Waals surface area contributed by atoms with Crippen LogP contribution in [-0.2, 0) is 20.8 Å². The molecule has 0 N–H and O–H groups in total. The average molecular weight is 267 g/mol. The van der Waals surface area contributed by atoms with E-state index in [1.54, 1.807) is 24.3 Å². The van der Waals surface area contributed by atoms with Crippen LogP contribution >= 0.6 is 0 Å². The van der Waals surface area contributed by atoms with Gasteiger partial charge in [-0.2, -0.15) is 0 Å². The van der Waals surface area contributed by atoms with Crippen molar-refractivity contribution in [3.63, 3.8) is 0 Å². The van der Waals surface area contributed by atoms with Crippen molar-refractivity contribution in [3.05, 3.63) is 66.2 Å². The lowest BCUT2D eigenvalue weighted by Gasteiger charge is -2.12. The molecule has 4 nitrogen and oxygen atoms in total. The van der Waals surface area contributed by atoms with E-state index in [1.807, 2.05) is 36.4 Å². The van der Waals surface area contributed by atoms with Gasteiger partial charge in [0.05, 0.1) is 5.69 Å². The Labute approximate surface area is 116 Å². The molecule has 2 aromatic carbocycles. The van der Waals surface area contributed by atoms with Gasteiger partial charge in [-0.1, -0.05) is 48.5 Å². The number of hydrogen-bond donors (Lipinski definition) is 0. The maximum absolute atomic E-state index is 12.3. The number of amides is 1. The van der Waals surface area contributed by atoms with Crippen LogP contribution in [0.3, 0.4) is 0 Å². The highest BCUT2D eigenvalue weighted by Gasteiger charge is 2.42. The van der Waals surface area contributed by atoms with Crippen molar-refractivity contribution in [2.75, 3.05) is 5.06 Å². The topological polar surface area (TPSA) is 46.6 Å². The van der Waals surface area contributed by atoms with E-state index < -0.39 is 11.9 Å². The summed E-state index contributed by atoms with van der Waals surface area (Å²) in [5, 5.41) is 1.08. The molecule has 1 aliphatic rings. The van der Waals surface area contributed by atoms with E-state index in [0.717, 1.165) is 10.6 Å². The lowest BCUT2D eigenvalue weighted by atomic mass is 9.99. The Morgan fingerprint density at radius 2 is 1.50 bits per heavy atom. The van der Waals surface area contributed by atoms with Crippen molar-refractivity contribution < 1.29 is 14.4 Å². The summed E-state index contributed by atoms with van der Waals surface area (Å²) in [7, 11) is 0. The molecular formula is C16H13NO3. The number of hydrogen-bond acceptors (Lipinski definition) is 3. The smallest absolute Gasteiger partial charge is 0.332 e. The van der Waals surface area contributed by atoms with Gasteiger partial charge in [-0.15, -0.1) is 5.06 Å². The van der Waals surface area contributed by atoms with Gasteiger partial charge in [-0.05, 0) is 24.1 Å². The standard InChI is InChI=1S/C16H13NO3/c18-15-14(11-12-7-3-1-4-8-12)16(19)20-17(15)13-9-5-2-6-10-13/h1-10,14H,11H2. The fraction of sp³-hybridized carbons (Fsp3) is 0.125. The SMILES string of the molecule is O=C1ON(c2ccccc2)C(=O)C1Cc1ccccc1. The van der Waals surface area contributed by atoms with Crippen LogP contribution in [-0.4, -0.2) is 11.9 Å². The van der Waals surface area contributed by atoms with E-state index in [1.165, 1.54) is 0 Å². The predicted molar refractivity (Wildman–Crippen MR) is 73.7 cm³/mol. The largest absolute Gasteiger partial charge is 0.345 e. The zero-order valence-electron chi connectivity index (χ0n) is 10.7. The highest BCUT2D eigenvalue weighted by atomic mass is 16.7. The minimum Gasteiger partial charge on any atom is -0.332 e. The molecule has 1 saturated heterocycles. The summed E-state index contributed by atoms with van der Waals surface area (Å²) >= 11 is 0. The molecule has 100 valence electrons. The van der Waals surface area contributed by atoms with Crippen LogP contribution in [0.2, 0.25) is 0 Å². The molecule has 0 bridgehead atoms. The van der Waals surface area contributed by atoms with Crippen molar-refractivity contribution in [2.24, 2.45) is 5.92 Å². The fourth-order valence-corrected chi connectivity index (χ4v) is 2.20. The van der Waals surface area contributed by atoms with Gasteiger partial charge < -0.3 is 4.84 Å². The summed E-state index contributed by atoms with van der Waals surface area (Å²) in [4.78, 5) is 29.3. The molecule has 0 spiro atoms. The van der Waals surface area contributed by atoms with Gasteiger partial charge in [-0.25, -0.2) is 4.79 Å². The zero-order chi connectivity index (χ0) is 13.9. The molecule has 0 saturated carbocycles. The molecule has 20 heavy (non-hydrogen) atoms. The minimum absolute atomic E-state index is 0.315. The Morgan fingerprint density at radius 3 is 2.15 bits per heavy atom. The number of para-hydroxylation sites is 1. The van der Waals surface area contributed by atoms with Gasteiger partial charge in [0, 0.05) is 0 Å². The number of carbonyl (C=O) groups excluding carboxylic acids is 2. The summed E-state index contributed by atoms with van der Waals surface area (Å²) < 4.78 is 0. The molecule has 1 heterocycles. The first-order valence-electron chi connectivity index (χ1n) is 6.40. The molecule has 0 aromatic heterocycles. The third kappa shape index (κ3) is 2.28. The summed E-state index contributed by atoms with van der Waals surface area (Å²) in [6.07, 6.45) is 0.363. The molecule has 1 aliphatic heterocycles. The lowest BCUT2D eigenvalue weighted by molar-refractivity contribution is -0.142. The van der Waals surface area contributed by atoms with E-state index in [0.29, 0.717) is 12.1 Å². The van der Waals surface area contributed by atoms with Crippen molar-refractivity contribution >= 4 is 17.6 Å². The molecular weight excluding hydrogens is 254 g/mol. The summed E-state index contributed by atoms with van der Waals surface area (Å²) in [5.41, 5.74) is 1.51. The molecule has 0 aliphatic carbocycles. The van der Waals surface area contributed by atoms with Gasteiger partial charge >= 0.3 is 5.97 Å². The summed E-state index contributed by atoms with van der Waals surface area (Å²) in [6.45, 7) is 0. The number of anilines is 1. The summed E-state index contributed by atoms with van der Waals surface area (Å²) in [6, 6.07) is 18.3. The van der Waals surface area contributed by atoms with Crippen LogP contribution in [0.25, 0.3) is 0 Å². The van der Waals surface area contributed by atoms with Crippen LogP contribution in [0, 0.1) is 5.92 Å². The molecule has 4 heteroatoms. The van der Waals surface area contributed by atoms with Crippen molar-refractivity contribution in [1.29, 1.82) is 0 Å².